The van der Waals surface area contributed by atoms with E-state index in [9.17, 15) is 8.42 Å². The topological polar surface area (TPSA) is 88.4 Å². The molecule has 2 unspecified atom stereocenters. The van der Waals surface area contributed by atoms with Crippen molar-refractivity contribution in [2.45, 2.75) is 29.9 Å². The van der Waals surface area contributed by atoms with Crippen molar-refractivity contribution in [3.63, 3.8) is 0 Å². The number of aromatic nitrogens is 1. The fourth-order valence-corrected chi connectivity index (χ4v) is 4.90. The van der Waals surface area contributed by atoms with Gasteiger partial charge in [-0.15, -0.1) is 0 Å². The number of sulfonamides is 1. The van der Waals surface area contributed by atoms with Gasteiger partial charge in [-0.2, -0.15) is 4.31 Å². The number of ether oxygens (including phenoxy) is 1. The van der Waals surface area contributed by atoms with Crippen LogP contribution in [0, 0.1) is 0 Å². The Morgan fingerprint density at radius 3 is 2.67 bits per heavy atom. The van der Waals surface area contributed by atoms with Crippen LogP contribution in [0.1, 0.15) is 12.8 Å². The molecule has 7 heteroatoms. The van der Waals surface area contributed by atoms with Crippen molar-refractivity contribution in [1.29, 1.82) is 0 Å². The van der Waals surface area contributed by atoms with Gasteiger partial charge in [-0.25, -0.2) is 8.42 Å². The molecule has 0 radical (unpaired) electrons. The second-order valence-electron chi connectivity index (χ2n) is 5.74. The number of nitrogens with zero attached hydrogens (tertiary/aromatic N) is 1. The minimum atomic E-state index is -3.52. The number of anilines is 1. The highest BCUT2D eigenvalue weighted by Gasteiger charge is 2.40. The first-order valence-electron chi connectivity index (χ1n) is 7.06. The Balaban J connectivity index is 1.78. The van der Waals surface area contributed by atoms with Crippen molar-refractivity contribution < 1.29 is 13.2 Å². The molecule has 2 aliphatic rings. The lowest BCUT2D eigenvalue weighted by Crippen LogP contribution is -2.45. The van der Waals surface area contributed by atoms with E-state index in [1.165, 1.54) is 0 Å². The van der Waals surface area contributed by atoms with Gasteiger partial charge < -0.3 is 15.5 Å². The molecule has 4 rings (SSSR count). The summed E-state index contributed by atoms with van der Waals surface area (Å²) in [6.07, 6.45) is 3.51. The molecule has 2 bridgehead atoms. The van der Waals surface area contributed by atoms with Gasteiger partial charge in [0, 0.05) is 35.9 Å². The van der Waals surface area contributed by atoms with Crippen molar-refractivity contribution in [3.8, 4) is 0 Å². The summed E-state index contributed by atoms with van der Waals surface area (Å²) in [5.74, 6) is 0. The third-order valence-corrected chi connectivity index (χ3v) is 6.17. The van der Waals surface area contributed by atoms with Crippen molar-refractivity contribution >= 4 is 26.6 Å². The molecule has 2 atom stereocenters. The number of nitrogen functional groups attached to an aromatic ring is 1. The molecule has 3 N–H and O–H groups in total. The Morgan fingerprint density at radius 2 is 1.95 bits per heavy atom. The highest BCUT2D eigenvalue weighted by molar-refractivity contribution is 7.89. The summed E-state index contributed by atoms with van der Waals surface area (Å²) < 4.78 is 33.1. The average molecular weight is 307 g/mol. The van der Waals surface area contributed by atoms with Gasteiger partial charge in [-0.3, -0.25) is 0 Å². The van der Waals surface area contributed by atoms with Gasteiger partial charge in [0.05, 0.1) is 12.2 Å². The van der Waals surface area contributed by atoms with Crippen molar-refractivity contribution in [2.75, 3.05) is 18.8 Å². The lowest BCUT2D eigenvalue weighted by Gasteiger charge is -2.31. The molecule has 0 saturated carbocycles. The van der Waals surface area contributed by atoms with Crippen LogP contribution in [0.5, 0.6) is 0 Å². The highest BCUT2D eigenvalue weighted by atomic mass is 32.2. The first-order valence-corrected chi connectivity index (χ1v) is 8.50. The normalized spacial score (nSPS) is 26.5. The van der Waals surface area contributed by atoms with E-state index >= 15 is 0 Å². The summed E-state index contributed by atoms with van der Waals surface area (Å²) in [5.41, 5.74) is 7.12. The maximum atomic E-state index is 12.9. The molecule has 112 valence electrons. The van der Waals surface area contributed by atoms with E-state index < -0.39 is 10.0 Å². The minimum absolute atomic E-state index is 0.0359. The van der Waals surface area contributed by atoms with E-state index in [1.54, 1.807) is 28.7 Å². The van der Waals surface area contributed by atoms with Crippen LogP contribution < -0.4 is 5.73 Å². The number of rotatable bonds is 2. The first kappa shape index (κ1) is 13.1. The maximum absolute atomic E-state index is 12.9. The Hall–Kier alpha value is -1.57. The number of aromatic amines is 1. The average Bonchev–Trinajstić information content (AvgIpc) is 3.01. The van der Waals surface area contributed by atoms with Crippen LogP contribution >= 0.6 is 0 Å². The Kier molecular flexibility index (Phi) is 2.79. The van der Waals surface area contributed by atoms with Crippen LogP contribution in [0.4, 0.5) is 5.69 Å². The fourth-order valence-electron chi connectivity index (χ4n) is 3.24. The van der Waals surface area contributed by atoms with Gasteiger partial charge in [-0.05, 0) is 31.0 Å². The van der Waals surface area contributed by atoms with Crippen LogP contribution in [-0.4, -0.2) is 43.0 Å². The Labute approximate surface area is 122 Å². The van der Waals surface area contributed by atoms with Gasteiger partial charge in [0.1, 0.15) is 4.90 Å². The fraction of sp³-hybridized carbons (Fsp3) is 0.429. The summed E-state index contributed by atoms with van der Waals surface area (Å²) in [5, 5.41) is 0.647. The van der Waals surface area contributed by atoms with Crippen LogP contribution in [0.3, 0.4) is 0 Å². The number of nitrogens with one attached hydrogen (secondary N) is 1. The molecule has 1 aromatic carbocycles. The van der Waals surface area contributed by atoms with Crippen LogP contribution in [-0.2, 0) is 14.8 Å². The summed E-state index contributed by atoms with van der Waals surface area (Å²) in [4.78, 5) is 3.30. The zero-order valence-corrected chi connectivity index (χ0v) is 12.3. The quantitative estimate of drug-likeness (QED) is 0.819. The van der Waals surface area contributed by atoms with Gasteiger partial charge in [-0.1, -0.05) is 0 Å². The first-order chi connectivity index (χ1) is 10.0. The predicted molar refractivity (Wildman–Crippen MR) is 79.4 cm³/mol. The highest BCUT2D eigenvalue weighted by Crippen LogP contribution is 2.32. The van der Waals surface area contributed by atoms with Gasteiger partial charge >= 0.3 is 0 Å². The molecule has 2 saturated heterocycles. The van der Waals surface area contributed by atoms with E-state index in [0.29, 0.717) is 29.1 Å². The van der Waals surface area contributed by atoms with Gasteiger partial charge in [0.15, 0.2) is 0 Å². The molecule has 6 nitrogen and oxygen atoms in total. The molecule has 1 aromatic heterocycles. The molecule has 2 aromatic rings. The molecule has 0 spiro atoms. The van der Waals surface area contributed by atoms with Gasteiger partial charge in [0.2, 0.25) is 10.0 Å². The lowest BCUT2D eigenvalue weighted by atomic mass is 10.2. The Morgan fingerprint density at radius 1 is 1.24 bits per heavy atom. The summed E-state index contributed by atoms with van der Waals surface area (Å²) in [6.45, 7) is 0.877. The van der Waals surface area contributed by atoms with E-state index in [0.717, 1.165) is 18.4 Å². The predicted octanol–water partition coefficient (Wildman–Crippen LogP) is 1.30. The third-order valence-electron chi connectivity index (χ3n) is 4.30. The number of nitrogens with two attached hydrogens (primary N) is 1. The van der Waals surface area contributed by atoms with Crippen molar-refractivity contribution in [2.24, 2.45) is 0 Å². The summed E-state index contributed by atoms with van der Waals surface area (Å²) in [7, 11) is -3.52. The summed E-state index contributed by atoms with van der Waals surface area (Å²) in [6, 6.07) is 5.25. The van der Waals surface area contributed by atoms with E-state index in [-0.39, 0.29) is 12.2 Å². The number of H-pyrrole nitrogens is 1. The zero-order valence-electron chi connectivity index (χ0n) is 11.5. The second-order valence-corrected chi connectivity index (χ2v) is 7.64. The molecular formula is C14H17N3O3S. The molecular weight excluding hydrogens is 290 g/mol. The standard InChI is InChI=1S/C14H17N3O3S/c15-9-1-4-13-12(5-9)14(6-16-13)21(18,19)17-7-10-2-3-11(8-17)20-10/h1,4-6,10-11,16H,2-3,7-8,15H2. The van der Waals surface area contributed by atoms with Crippen LogP contribution in [0.15, 0.2) is 29.3 Å². The van der Waals surface area contributed by atoms with Crippen LogP contribution in [0.2, 0.25) is 0 Å². The smallest absolute Gasteiger partial charge is 0.245 e. The monoisotopic (exact) mass is 307 g/mol. The van der Waals surface area contributed by atoms with E-state index in [2.05, 4.69) is 4.98 Å². The number of benzene rings is 1. The zero-order chi connectivity index (χ0) is 14.6. The number of hydrogen-bond donors (Lipinski definition) is 2. The summed E-state index contributed by atoms with van der Waals surface area (Å²) >= 11 is 0. The second kappa shape index (κ2) is 4.46. The van der Waals surface area contributed by atoms with Crippen molar-refractivity contribution in [1.82, 2.24) is 9.29 Å². The van der Waals surface area contributed by atoms with E-state index in [1.807, 2.05) is 0 Å². The number of morpholine rings is 1. The van der Waals surface area contributed by atoms with E-state index in [4.69, 9.17) is 10.5 Å². The van der Waals surface area contributed by atoms with Gasteiger partial charge in [0.25, 0.3) is 0 Å². The molecule has 0 amide bonds. The minimum Gasteiger partial charge on any atom is -0.399 e. The number of hydrogen-bond acceptors (Lipinski definition) is 4. The lowest BCUT2D eigenvalue weighted by molar-refractivity contribution is -0.0114. The molecule has 3 heterocycles. The van der Waals surface area contributed by atoms with Crippen LogP contribution in [0.25, 0.3) is 10.9 Å². The Bertz CT molecular complexity index is 787. The molecule has 2 fully saturated rings. The van der Waals surface area contributed by atoms with Crippen molar-refractivity contribution in [3.05, 3.63) is 24.4 Å². The SMILES string of the molecule is Nc1ccc2[nH]cc(S(=O)(=O)N3CC4CCC(C3)O4)c2c1. The molecule has 21 heavy (non-hydrogen) atoms. The molecule has 2 aliphatic heterocycles. The molecule has 0 aliphatic carbocycles. The largest absolute Gasteiger partial charge is 0.399 e. The maximum Gasteiger partial charge on any atom is 0.245 e. The number of fused-ring (bicyclic) bond motifs is 3. The third kappa shape index (κ3) is 2.04.